The first-order valence-corrected chi connectivity index (χ1v) is 7.98. The van der Waals surface area contributed by atoms with Crippen molar-refractivity contribution in [2.24, 2.45) is 0 Å². The van der Waals surface area contributed by atoms with Crippen LogP contribution in [0.1, 0.15) is 30.2 Å². The Bertz CT molecular complexity index is 636. The molecule has 0 aromatic carbocycles. The Hall–Kier alpha value is -2.34. The molecule has 1 aliphatic heterocycles. The quantitative estimate of drug-likeness (QED) is 0.890. The Balaban J connectivity index is 1.60. The van der Waals surface area contributed by atoms with Crippen LogP contribution in [0.5, 0.6) is 0 Å². The van der Waals surface area contributed by atoms with Crippen molar-refractivity contribution in [3.8, 4) is 0 Å². The molecule has 2 amide bonds. The fourth-order valence-corrected chi connectivity index (χ4v) is 2.90. The number of urea groups is 1. The van der Waals surface area contributed by atoms with E-state index in [1.807, 2.05) is 31.2 Å². The lowest BCUT2D eigenvalue weighted by Crippen LogP contribution is -2.38. The van der Waals surface area contributed by atoms with E-state index in [1.54, 1.807) is 12.5 Å². The number of hydrogen-bond donors (Lipinski definition) is 2. The number of nitrogens with one attached hydrogen (secondary N) is 2. The molecule has 0 radical (unpaired) electrons. The minimum absolute atomic E-state index is 0.0723. The molecule has 2 aromatic heterocycles. The molecule has 1 fully saturated rings. The average Bonchev–Trinajstić information content (AvgIpc) is 3.23. The van der Waals surface area contributed by atoms with Crippen molar-refractivity contribution >= 4 is 11.8 Å². The van der Waals surface area contributed by atoms with Crippen LogP contribution in [0.25, 0.3) is 0 Å². The zero-order valence-electron chi connectivity index (χ0n) is 13.3. The number of furan rings is 1. The van der Waals surface area contributed by atoms with Gasteiger partial charge in [0.1, 0.15) is 11.6 Å². The molecule has 0 bridgehead atoms. The monoisotopic (exact) mass is 314 g/mol. The van der Waals surface area contributed by atoms with Gasteiger partial charge < -0.3 is 9.73 Å². The van der Waals surface area contributed by atoms with Gasteiger partial charge in [0.05, 0.1) is 12.3 Å². The Labute approximate surface area is 135 Å². The van der Waals surface area contributed by atoms with Gasteiger partial charge in [0, 0.05) is 12.7 Å². The predicted octanol–water partition coefficient (Wildman–Crippen LogP) is 2.94. The summed E-state index contributed by atoms with van der Waals surface area (Å²) in [7, 11) is 0. The molecule has 6 nitrogen and oxygen atoms in total. The van der Waals surface area contributed by atoms with Crippen LogP contribution < -0.4 is 10.6 Å². The summed E-state index contributed by atoms with van der Waals surface area (Å²) in [5.41, 5.74) is 0.935. The highest BCUT2D eigenvalue weighted by atomic mass is 16.3. The number of amides is 2. The van der Waals surface area contributed by atoms with Gasteiger partial charge >= 0.3 is 6.03 Å². The number of hydrogen-bond acceptors (Lipinski definition) is 4. The van der Waals surface area contributed by atoms with Crippen molar-refractivity contribution in [1.82, 2.24) is 15.2 Å². The number of likely N-dealkylation sites (tertiary alicyclic amines) is 1. The molecule has 122 valence electrons. The molecular weight excluding hydrogens is 292 g/mol. The van der Waals surface area contributed by atoms with Crippen LogP contribution in [0.4, 0.5) is 10.6 Å². The number of carbonyl (C=O) groups excluding carboxylic acids is 1. The molecule has 23 heavy (non-hydrogen) atoms. The zero-order valence-corrected chi connectivity index (χ0v) is 13.3. The summed E-state index contributed by atoms with van der Waals surface area (Å²) in [6.45, 7) is 4.49. The van der Waals surface area contributed by atoms with E-state index in [4.69, 9.17) is 4.42 Å². The number of aromatic nitrogens is 1. The summed E-state index contributed by atoms with van der Waals surface area (Å²) in [6, 6.07) is 7.43. The maximum atomic E-state index is 12.1. The molecule has 0 aliphatic carbocycles. The molecule has 1 aliphatic rings. The summed E-state index contributed by atoms with van der Waals surface area (Å²) in [5.74, 6) is 1.47. The van der Waals surface area contributed by atoms with E-state index in [9.17, 15) is 4.79 Å². The highest BCUT2D eigenvalue weighted by molar-refractivity contribution is 5.88. The number of anilines is 1. The summed E-state index contributed by atoms with van der Waals surface area (Å²) < 4.78 is 5.55. The first kappa shape index (κ1) is 15.6. The van der Waals surface area contributed by atoms with Gasteiger partial charge in [-0.1, -0.05) is 6.07 Å². The molecule has 3 heterocycles. The Morgan fingerprint density at radius 1 is 1.35 bits per heavy atom. The fraction of sp³-hybridized carbons (Fsp3) is 0.412. The second kappa shape index (κ2) is 7.28. The van der Waals surface area contributed by atoms with Crippen LogP contribution >= 0.6 is 0 Å². The van der Waals surface area contributed by atoms with E-state index in [0.717, 1.165) is 24.4 Å². The van der Waals surface area contributed by atoms with Crippen LogP contribution in [0.15, 0.2) is 41.1 Å². The van der Waals surface area contributed by atoms with E-state index in [2.05, 4.69) is 20.5 Å². The molecule has 1 unspecified atom stereocenters. The van der Waals surface area contributed by atoms with Crippen LogP contribution in [0.3, 0.4) is 0 Å². The summed E-state index contributed by atoms with van der Waals surface area (Å²) in [6.07, 6.45) is 5.72. The van der Waals surface area contributed by atoms with Gasteiger partial charge in [-0.05, 0) is 56.6 Å². The number of carbonyl (C=O) groups is 1. The molecule has 1 saturated heterocycles. The molecule has 2 N–H and O–H groups in total. The van der Waals surface area contributed by atoms with Crippen molar-refractivity contribution in [3.05, 3.63) is 48.0 Å². The van der Waals surface area contributed by atoms with Crippen molar-refractivity contribution in [3.63, 3.8) is 0 Å². The molecule has 6 heteroatoms. The van der Waals surface area contributed by atoms with Crippen molar-refractivity contribution in [2.75, 3.05) is 25.0 Å². The largest absolute Gasteiger partial charge is 0.468 e. The van der Waals surface area contributed by atoms with Crippen LogP contribution in [-0.2, 0) is 0 Å². The van der Waals surface area contributed by atoms with Gasteiger partial charge in [0.2, 0.25) is 0 Å². The Kier molecular flexibility index (Phi) is 4.92. The first-order valence-electron chi connectivity index (χ1n) is 7.98. The van der Waals surface area contributed by atoms with Gasteiger partial charge in [0.15, 0.2) is 0 Å². The second-order valence-electron chi connectivity index (χ2n) is 5.78. The smallest absolute Gasteiger partial charge is 0.320 e. The van der Waals surface area contributed by atoms with E-state index in [1.165, 1.54) is 12.8 Å². The van der Waals surface area contributed by atoms with Gasteiger partial charge in [0.25, 0.3) is 0 Å². The summed E-state index contributed by atoms with van der Waals surface area (Å²) in [5, 5.41) is 5.72. The fourth-order valence-electron chi connectivity index (χ4n) is 2.90. The average molecular weight is 314 g/mol. The normalized spacial score (nSPS) is 16.2. The van der Waals surface area contributed by atoms with E-state index in [0.29, 0.717) is 12.4 Å². The Morgan fingerprint density at radius 3 is 2.87 bits per heavy atom. The highest BCUT2D eigenvalue weighted by Crippen LogP contribution is 2.24. The molecule has 2 aromatic rings. The summed E-state index contributed by atoms with van der Waals surface area (Å²) >= 11 is 0. The van der Waals surface area contributed by atoms with Crippen molar-refractivity contribution < 1.29 is 9.21 Å². The van der Waals surface area contributed by atoms with Crippen molar-refractivity contribution in [1.29, 1.82) is 0 Å². The van der Waals surface area contributed by atoms with Gasteiger partial charge in [-0.15, -0.1) is 0 Å². The van der Waals surface area contributed by atoms with E-state index in [-0.39, 0.29) is 12.1 Å². The van der Waals surface area contributed by atoms with Crippen LogP contribution in [0.2, 0.25) is 0 Å². The predicted molar refractivity (Wildman–Crippen MR) is 88.3 cm³/mol. The maximum Gasteiger partial charge on any atom is 0.320 e. The van der Waals surface area contributed by atoms with Gasteiger partial charge in [-0.3, -0.25) is 10.2 Å². The minimum Gasteiger partial charge on any atom is -0.468 e. The maximum absolute atomic E-state index is 12.1. The summed E-state index contributed by atoms with van der Waals surface area (Å²) in [4.78, 5) is 18.7. The molecule has 1 atom stereocenters. The first-order chi connectivity index (χ1) is 11.2. The number of aryl methyl sites for hydroxylation is 1. The standard InChI is InChI=1S/C17H22N4O2/c1-13-6-4-8-18-16(13)20-17(22)19-12-14(15-7-5-11-23-15)21-9-2-3-10-21/h4-8,11,14H,2-3,9-10,12H2,1H3,(H2,18,19,20,22). The third-order valence-corrected chi connectivity index (χ3v) is 4.15. The third-order valence-electron chi connectivity index (χ3n) is 4.15. The van der Waals surface area contributed by atoms with Gasteiger partial charge in [-0.2, -0.15) is 0 Å². The van der Waals surface area contributed by atoms with Crippen LogP contribution in [-0.4, -0.2) is 35.5 Å². The minimum atomic E-state index is -0.248. The third kappa shape index (κ3) is 3.90. The van der Waals surface area contributed by atoms with Crippen LogP contribution in [0, 0.1) is 6.92 Å². The SMILES string of the molecule is Cc1cccnc1NC(=O)NCC(c1ccco1)N1CCCC1. The lowest BCUT2D eigenvalue weighted by Gasteiger charge is -2.26. The highest BCUT2D eigenvalue weighted by Gasteiger charge is 2.25. The number of nitrogens with zero attached hydrogens (tertiary/aromatic N) is 2. The van der Waals surface area contributed by atoms with E-state index >= 15 is 0 Å². The van der Waals surface area contributed by atoms with Gasteiger partial charge in [-0.25, -0.2) is 9.78 Å². The number of rotatable bonds is 5. The van der Waals surface area contributed by atoms with E-state index < -0.39 is 0 Å². The zero-order chi connectivity index (χ0) is 16.1. The molecule has 3 rings (SSSR count). The lowest BCUT2D eigenvalue weighted by atomic mass is 10.2. The molecule has 0 saturated carbocycles. The molecule has 0 spiro atoms. The molecular formula is C17H22N4O2. The number of pyridine rings is 1. The lowest BCUT2D eigenvalue weighted by molar-refractivity contribution is 0.207. The topological polar surface area (TPSA) is 70.4 Å². The van der Waals surface area contributed by atoms with Crippen molar-refractivity contribution in [2.45, 2.75) is 25.8 Å². The second-order valence-corrected chi connectivity index (χ2v) is 5.78. The Morgan fingerprint density at radius 2 is 2.17 bits per heavy atom.